The van der Waals surface area contributed by atoms with Crippen molar-refractivity contribution in [3.63, 3.8) is 0 Å². The summed E-state index contributed by atoms with van der Waals surface area (Å²) >= 11 is 0. The Hall–Kier alpha value is -0.670. The van der Waals surface area contributed by atoms with Crippen LogP contribution >= 0.6 is 0 Å². The first kappa shape index (κ1) is 13.4. The highest BCUT2D eigenvalue weighted by Gasteiger charge is 2.12. The number of benzene rings is 1. The van der Waals surface area contributed by atoms with E-state index in [-0.39, 0.29) is 0 Å². The smallest absolute Gasteiger partial charge is 0.0547 e. The van der Waals surface area contributed by atoms with Gasteiger partial charge in [0.1, 0.15) is 0 Å². The molecular weight excluding hydrogens is 218 g/mol. The zero-order valence-corrected chi connectivity index (χ0v) is 11.4. The quantitative estimate of drug-likeness (QED) is 0.855. The number of aryl methyl sites for hydroxylation is 2. The second-order valence-corrected chi connectivity index (χ2v) is 5.64. The van der Waals surface area contributed by atoms with Crippen LogP contribution < -0.4 is 5.32 Å². The van der Waals surface area contributed by atoms with E-state index in [2.05, 4.69) is 25.2 Å². The van der Waals surface area contributed by atoms with E-state index < -0.39 is 10.8 Å². The summed E-state index contributed by atoms with van der Waals surface area (Å²) in [4.78, 5) is 0.972. The molecule has 0 radical (unpaired) electrons. The molecule has 1 aromatic carbocycles. The lowest BCUT2D eigenvalue weighted by atomic mass is 10.2. The molecular formula is C13H21NOS. The summed E-state index contributed by atoms with van der Waals surface area (Å²) in [6, 6.07) is 6.44. The fourth-order valence-electron chi connectivity index (χ4n) is 1.73. The van der Waals surface area contributed by atoms with E-state index in [4.69, 9.17) is 0 Å². The molecule has 2 unspecified atom stereocenters. The molecule has 0 fully saturated rings. The predicted octanol–water partition coefficient (Wildman–Crippen LogP) is 2.41. The normalized spacial score (nSPS) is 14.8. The molecule has 0 aliphatic rings. The predicted molar refractivity (Wildman–Crippen MR) is 70.3 cm³/mol. The molecule has 0 aliphatic heterocycles. The van der Waals surface area contributed by atoms with Crippen LogP contribution in [0.3, 0.4) is 0 Å². The van der Waals surface area contributed by atoms with Gasteiger partial charge in [-0.25, -0.2) is 0 Å². The van der Waals surface area contributed by atoms with Gasteiger partial charge in [0, 0.05) is 16.7 Å². The zero-order valence-electron chi connectivity index (χ0n) is 10.5. The minimum absolute atomic E-state index is 0.335. The van der Waals surface area contributed by atoms with Crippen LogP contribution in [-0.2, 0) is 10.8 Å². The maximum Gasteiger partial charge on any atom is 0.0547 e. The number of rotatable bonds is 5. The van der Waals surface area contributed by atoms with E-state index in [1.807, 2.05) is 26.1 Å². The van der Waals surface area contributed by atoms with Crippen molar-refractivity contribution in [1.29, 1.82) is 0 Å². The number of nitrogens with one attached hydrogen (secondary N) is 1. The lowest BCUT2D eigenvalue weighted by molar-refractivity contribution is 0.590. The summed E-state index contributed by atoms with van der Waals surface area (Å²) in [5.74, 6) is 0.691. The van der Waals surface area contributed by atoms with Crippen molar-refractivity contribution in [1.82, 2.24) is 5.32 Å². The Balaban J connectivity index is 2.80. The van der Waals surface area contributed by atoms with Crippen molar-refractivity contribution >= 4 is 10.8 Å². The Bertz CT molecular complexity index is 372. The highest BCUT2D eigenvalue weighted by Crippen LogP contribution is 2.15. The fourth-order valence-corrected chi connectivity index (χ4v) is 3.32. The molecule has 0 aromatic heterocycles. The third-order valence-electron chi connectivity index (χ3n) is 2.83. The second-order valence-electron chi connectivity index (χ2n) is 4.17. The van der Waals surface area contributed by atoms with E-state index in [9.17, 15) is 4.21 Å². The Morgan fingerprint density at radius 3 is 2.56 bits per heavy atom. The number of hydrogen-bond acceptors (Lipinski definition) is 2. The van der Waals surface area contributed by atoms with Gasteiger partial charge < -0.3 is 5.32 Å². The largest absolute Gasteiger partial charge is 0.316 e. The van der Waals surface area contributed by atoms with Crippen molar-refractivity contribution in [2.75, 3.05) is 12.8 Å². The number of hydrogen-bond donors (Lipinski definition) is 1. The van der Waals surface area contributed by atoms with Crippen LogP contribution in [0.5, 0.6) is 0 Å². The molecule has 2 nitrogen and oxygen atoms in total. The topological polar surface area (TPSA) is 29.1 Å². The molecule has 0 aliphatic carbocycles. The first-order valence-corrected chi connectivity index (χ1v) is 7.03. The lowest BCUT2D eigenvalue weighted by Gasteiger charge is -2.14. The molecule has 90 valence electrons. The molecule has 1 aromatic rings. The van der Waals surface area contributed by atoms with Gasteiger partial charge in [0.25, 0.3) is 0 Å². The standard InChI is InChI=1S/C13H21NOS/c1-5-12(14-4)9-16(15)13-7-6-10(2)8-11(13)3/h6-8,12,14H,5,9H2,1-4H3. The Morgan fingerprint density at radius 2 is 2.06 bits per heavy atom. The molecule has 0 spiro atoms. The van der Waals surface area contributed by atoms with Gasteiger partial charge >= 0.3 is 0 Å². The third kappa shape index (κ3) is 3.42. The van der Waals surface area contributed by atoms with E-state index >= 15 is 0 Å². The SMILES string of the molecule is CCC(CS(=O)c1ccc(C)cc1C)NC. The average molecular weight is 239 g/mol. The van der Waals surface area contributed by atoms with Crippen LogP contribution in [0.4, 0.5) is 0 Å². The van der Waals surface area contributed by atoms with Crippen LogP contribution in [0.2, 0.25) is 0 Å². The van der Waals surface area contributed by atoms with Crippen molar-refractivity contribution in [3.8, 4) is 0 Å². The fraction of sp³-hybridized carbons (Fsp3) is 0.538. The van der Waals surface area contributed by atoms with Crippen LogP contribution in [0.25, 0.3) is 0 Å². The molecule has 0 bridgehead atoms. The minimum Gasteiger partial charge on any atom is -0.316 e. The Labute approximate surface area is 101 Å². The third-order valence-corrected chi connectivity index (χ3v) is 4.48. The summed E-state index contributed by atoms with van der Waals surface area (Å²) in [6.45, 7) is 6.20. The highest BCUT2D eigenvalue weighted by atomic mass is 32.2. The Morgan fingerprint density at radius 1 is 1.38 bits per heavy atom. The molecule has 0 heterocycles. The van der Waals surface area contributed by atoms with Crippen molar-refractivity contribution in [2.24, 2.45) is 0 Å². The van der Waals surface area contributed by atoms with Gasteiger partial charge in [-0.05, 0) is 38.9 Å². The summed E-state index contributed by atoms with van der Waals surface area (Å²) < 4.78 is 12.2. The van der Waals surface area contributed by atoms with E-state index in [0.29, 0.717) is 11.8 Å². The monoisotopic (exact) mass is 239 g/mol. The summed E-state index contributed by atoms with van der Waals surface area (Å²) in [6.07, 6.45) is 1.01. The van der Waals surface area contributed by atoms with Crippen molar-refractivity contribution in [3.05, 3.63) is 29.3 Å². The molecule has 3 heteroatoms. The zero-order chi connectivity index (χ0) is 12.1. The maximum absolute atomic E-state index is 12.2. The summed E-state index contributed by atoms with van der Waals surface area (Å²) in [7, 11) is 1.03. The van der Waals surface area contributed by atoms with Crippen LogP contribution in [0.1, 0.15) is 24.5 Å². The van der Waals surface area contributed by atoms with Gasteiger partial charge in [-0.15, -0.1) is 0 Å². The maximum atomic E-state index is 12.2. The molecule has 0 saturated heterocycles. The van der Waals surface area contributed by atoms with Crippen molar-refractivity contribution < 1.29 is 4.21 Å². The van der Waals surface area contributed by atoms with Crippen LogP contribution in [0, 0.1) is 13.8 Å². The van der Waals surface area contributed by atoms with Crippen LogP contribution in [0.15, 0.2) is 23.1 Å². The van der Waals surface area contributed by atoms with Gasteiger partial charge in [0.05, 0.1) is 10.8 Å². The highest BCUT2D eigenvalue weighted by molar-refractivity contribution is 7.85. The molecule has 2 atom stereocenters. The van der Waals surface area contributed by atoms with Gasteiger partial charge in [-0.3, -0.25) is 4.21 Å². The second kappa shape index (κ2) is 6.16. The lowest BCUT2D eigenvalue weighted by Crippen LogP contribution is -2.30. The van der Waals surface area contributed by atoms with Crippen LogP contribution in [-0.4, -0.2) is 23.1 Å². The molecule has 0 amide bonds. The van der Waals surface area contributed by atoms with Gasteiger partial charge in [0.2, 0.25) is 0 Å². The van der Waals surface area contributed by atoms with Gasteiger partial charge in [0.15, 0.2) is 0 Å². The molecule has 0 saturated carbocycles. The first-order valence-electron chi connectivity index (χ1n) is 5.71. The molecule has 16 heavy (non-hydrogen) atoms. The average Bonchev–Trinajstić information content (AvgIpc) is 2.25. The van der Waals surface area contributed by atoms with E-state index in [1.165, 1.54) is 5.56 Å². The van der Waals surface area contributed by atoms with Crippen molar-refractivity contribution in [2.45, 2.75) is 38.1 Å². The Kier molecular flexibility index (Phi) is 5.16. The first-order chi connectivity index (χ1) is 7.58. The summed E-state index contributed by atoms with van der Waals surface area (Å²) in [5.41, 5.74) is 2.35. The summed E-state index contributed by atoms with van der Waals surface area (Å²) in [5, 5.41) is 3.19. The minimum atomic E-state index is -0.896. The molecule has 1 N–H and O–H groups in total. The van der Waals surface area contributed by atoms with Gasteiger partial charge in [-0.1, -0.05) is 24.6 Å². The van der Waals surface area contributed by atoms with Gasteiger partial charge in [-0.2, -0.15) is 0 Å². The van der Waals surface area contributed by atoms with E-state index in [1.54, 1.807) is 0 Å². The molecule has 1 rings (SSSR count). The van der Waals surface area contributed by atoms with E-state index in [0.717, 1.165) is 16.9 Å².